The first-order chi connectivity index (χ1) is 13.0. The highest BCUT2D eigenvalue weighted by atomic mass is 16.7. The van der Waals surface area contributed by atoms with Crippen LogP contribution in [0.15, 0.2) is 12.7 Å². The summed E-state index contributed by atoms with van der Waals surface area (Å²) in [5.41, 5.74) is 0.754. The van der Waals surface area contributed by atoms with Gasteiger partial charge in [0.05, 0.1) is 25.9 Å². The van der Waals surface area contributed by atoms with Crippen LogP contribution in [0.4, 0.5) is 0 Å². The molecule has 0 radical (unpaired) electrons. The van der Waals surface area contributed by atoms with Gasteiger partial charge in [-0.3, -0.25) is 0 Å². The van der Waals surface area contributed by atoms with E-state index in [1.807, 2.05) is 6.08 Å². The third-order valence-electron chi connectivity index (χ3n) is 9.87. The molecule has 0 aromatic heterocycles. The lowest BCUT2D eigenvalue weighted by atomic mass is 9.45. The van der Waals surface area contributed by atoms with Crippen molar-refractivity contribution in [1.82, 2.24) is 0 Å². The summed E-state index contributed by atoms with van der Waals surface area (Å²) in [6.07, 6.45) is 14.1. The van der Waals surface area contributed by atoms with Crippen molar-refractivity contribution >= 4 is 0 Å². The molecule has 7 atom stereocenters. The van der Waals surface area contributed by atoms with E-state index < -0.39 is 0 Å². The first-order valence-corrected chi connectivity index (χ1v) is 11.5. The van der Waals surface area contributed by atoms with Crippen LogP contribution >= 0.6 is 0 Å². The molecule has 1 heterocycles. The molecule has 5 aliphatic rings. The Kier molecular flexibility index (Phi) is 4.53. The van der Waals surface area contributed by atoms with Gasteiger partial charge in [0.25, 0.3) is 0 Å². The lowest BCUT2D eigenvalue weighted by molar-refractivity contribution is -0.248. The van der Waals surface area contributed by atoms with Crippen molar-refractivity contribution in [3.8, 4) is 0 Å². The van der Waals surface area contributed by atoms with Crippen molar-refractivity contribution in [3.05, 3.63) is 12.7 Å². The highest BCUT2D eigenvalue weighted by molar-refractivity contribution is 5.12. The summed E-state index contributed by atoms with van der Waals surface area (Å²) in [5.74, 6) is 3.16. The number of rotatable bonds is 3. The quantitative estimate of drug-likeness (QED) is 0.624. The molecule has 1 saturated heterocycles. The van der Waals surface area contributed by atoms with Gasteiger partial charge in [0.1, 0.15) is 0 Å². The predicted octanol–water partition coefficient (Wildman–Crippen LogP) is 5.34. The Labute approximate surface area is 165 Å². The molecule has 3 heteroatoms. The lowest BCUT2D eigenvalue weighted by Gasteiger charge is -2.61. The maximum atomic E-state index is 6.29. The Morgan fingerprint density at radius 2 is 1.74 bits per heavy atom. The molecule has 27 heavy (non-hydrogen) atoms. The summed E-state index contributed by atoms with van der Waals surface area (Å²) in [7, 11) is 0. The molecule has 4 aliphatic carbocycles. The van der Waals surface area contributed by atoms with E-state index in [-0.39, 0.29) is 11.2 Å². The zero-order valence-electron chi connectivity index (χ0n) is 17.4. The molecule has 4 saturated carbocycles. The van der Waals surface area contributed by atoms with Gasteiger partial charge in [-0.05, 0) is 80.5 Å². The first-order valence-electron chi connectivity index (χ1n) is 11.5. The van der Waals surface area contributed by atoms with E-state index in [0.29, 0.717) is 18.1 Å². The van der Waals surface area contributed by atoms with Crippen LogP contribution in [-0.4, -0.2) is 31.7 Å². The second-order valence-electron chi connectivity index (χ2n) is 10.6. The minimum Gasteiger partial charge on any atom is -0.374 e. The van der Waals surface area contributed by atoms with Gasteiger partial charge >= 0.3 is 0 Å². The van der Waals surface area contributed by atoms with Crippen LogP contribution in [0.2, 0.25) is 0 Å². The fourth-order valence-electron chi connectivity index (χ4n) is 8.46. The summed E-state index contributed by atoms with van der Waals surface area (Å²) < 4.78 is 18.6. The van der Waals surface area contributed by atoms with Crippen molar-refractivity contribution in [2.45, 2.75) is 83.5 Å². The highest BCUT2D eigenvalue weighted by Gasteiger charge is 2.67. The van der Waals surface area contributed by atoms with Gasteiger partial charge in [-0.15, -0.1) is 6.58 Å². The van der Waals surface area contributed by atoms with E-state index in [1.165, 1.54) is 51.4 Å². The van der Waals surface area contributed by atoms with Crippen molar-refractivity contribution < 1.29 is 14.2 Å². The van der Waals surface area contributed by atoms with Crippen LogP contribution < -0.4 is 0 Å². The van der Waals surface area contributed by atoms with E-state index in [1.54, 1.807) is 0 Å². The molecule has 5 fully saturated rings. The van der Waals surface area contributed by atoms with Gasteiger partial charge in [-0.2, -0.15) is 0 Å². The number of fused-ring (bicyclic) bond motifs is 6. The fraction of sp³-hybridized carbons (Fsp3) is 0.917. The summed E-state index contributed by atoms with van der Waals surface area (Å²) in [6.45, 7) is 11.2. The molecular formula is C24H38O3. The molecule has 0 aromatic carbocycles. The van der Waals surface area contributed by atoms with E-state index in [4.69, 9.17) is 14.2 Å². The standard InChI is InChI=1S/C24H38O3/c1-4-13-25-18-7-10-22(2)17(16-18)5-6-19-20(22)8-11-23(3)21(19)9-12-24(23)26-14-15-27-24/h4,17-21H,1,5-16H2,2-3H3/t17?,18-,19-,20+,21+,22+,23+/m1/s1. The second kappa shape index (κ2) is 6.57. The molecular weight excluding hydrogens is 336 g/mol. The molecule has 0 aromatic rings. The maximum Gasteiger partial charge on any atom is 0.174 e. The number of hydrogen-bond acceptors (Lipinski definition) is 3. The topological polar surface area (TPSA) is 27.7 Å². The normalized spacial score (nSPS) is 50.8. The minimum absolute atomic E-state index is 0.234. The maximum absolute atomic E-state index is 6.29. The van der Waals surface area contributed by atoms with Crippen LogP contribution in [0, 0.1) is 34.5 Å². The van der Waals surface area contributed by atoms with Crippen molar-refractivity contribution in [2.24, 2.45) is 34.5 Å². The van der Waals surface area contributed by atoms with Gasteiger partial charge < -0.3 is 14.2 Å². The summed E-state index contributed by atoms with van der Waals surface area (Å²) in [4.78, 5) is 0. The average molecular weight is 375 g/mol. The zero-order valence-corrected chi connectivity index (χ0v) is 17.4. The Morgan fingerprint density at radius 3 is 2.52 bits per heavy atom. The molecule has 1 unspecified atom stereocenters. The monoisotopic (exact) mass is 374 g/mol. The van der Waals surface area contributed by atoms with E-state index in [2.05, 4.69) is 20.4 Å². The molecule has 1 aliphatic heterocycles. The number of hydrogen-bond donors (Lipinski definition) is 0. The van der Waals surface area contributed by atoms with E-state index in [9.17, 15) is 0 Å². The number of ether oxygens (including phenoxy) is 3. The average Bonchev–Trinajstić information content (AvgIpc) is 3.26. The van der Waals surface area contributed by atoms with Crippen molar-refractivity contribution in [2.75, 3.05) is 19.8 Å². The van der Waals surface area contributed by atoms with Gasteiger partial charge in [-0.1, -0.05) is 19.9 Å². The van der Waals surface area contributed by atoms with Crippen LogP contribution in [0.5, 0.6) is 0 Å². The van der Waals surface area contributed by atoms with E-state index >= 15 is 0 Å². The molecule has 5 rings (SSSR count). The Hall–Kier alpha value is -0.380. The molecule has 152 valence electrons. The SMILES string of the molecule is C=CCO[C@@H]1CC[C@@]2(C)C(CC[C@@H]3[C@@H]2CC[C@@]2(C)[C@H]3CCC23OCCO3)C1. The van der Waals surface area contributed by atoms with Crippen molar-refractivity contribution in [3.63, 3.8) is 0 Å². The van der Waals surface area contributed by atoms with Crippen LogP contribution in [0.3, 0.4) is 0 Å². The Bertz CT molecular complexity index is 582. The summed E-state index contributed by atoms with van der Waals surface area (Å²) >= 11 is 0. The van der Waals surface area contributed by atoms with Crippen molar-refractivity contribution in [1.29, 1.82) is 0 Å². The molecule has 0 bridgehead atoms. The van der Waals surface area contributed by atoms with Crippen LogP contribution in [-0.2, 0) is 14.2 Å². The van der Waals surface area contributed by atoms with Crippen LogP contribution in [0.1, 0.15) is 71.6 Å². The van der Waals surface area contributed by atoms with Gasteiger partial charge in [0.2, 0.25) is 0 Å². The van der Waals surface area contributed by atoms with E-state index in [0.717, 1.165) is 43.3 Å². The second-order valence-corrected chi connectivity index (χ2v) is 10.6. The van der Waals surface area contributed by atoms with Gasteiger partial charge in [-0.25, -0.2) is 0 Å². The van der Waals surface area contributed by atoms with Crippen LogP contribution in [0.25, 0.3) is 0 Å². The third kappa shape index (κ3) is 2.57. The molecule has 1 spiro atoms. The Balaban J connectivity index is 1.36. The smallest absolute Gasteiger partial charge is 0.174 e. The third-order valence-corrected chi connectivity index (χ3v) is 9.87. The minimum atomic E-state index is -0.253. The predicted molar refractivity (Wildman–Crippen MR) is 106 cm³/mol. The van der Waals surface area contributed by atoms with Gasteiger partial charge in [0, 0.05) is 11.8 Å². The summed E-state index contributed by atoms with van der Waals surface area (Å²) in [5, 5.41) is 0. The first kappa shape index (κ1) is 18.6. The molecule has 3 nitrogen and oxygen atoms in total. The molecule has 0 N–H and O–H groups in total. The molecule has 0 amide bonds. The fourth-order valence-corrected chi connectivity index (χ4v) is 8.46. The lowest BCUT2D eigenvalue weighted by Crippen LogP contribution is -2.57. The highest BCUT2D eigenvalue weighted by Crippen LogP contribution is 2.69. The Morgan fingerprint density at radius 1 is 0.963 bits per heavy atom. The largest absolute Gasteiger partial charge is 0.374 e. The zero-order chi connectivity index (χ0) is 18.7. The van der Waals surface area contributed by atoms with Gasteiger partial charge in [0.15, 0.2) is 5.79 Å². The summed E-state index contributed by atoms with van der Waals surface area (Å²) in [6, 6.07) is 0.